The molecule has 0 atom stereocenters. The molecule has 0 radical (unpaired) electrons. The fourth-order valence-corrected chi connectivity index (χ4v) is 2.99. The summed E-state index contributed by atoms with van der Waals surface area (Å²) in [5.74, 6) is -0.714. The van der Waals surface area contributed by atoms with Crippen molar-refractivity contribution in [2.24, 2.45) is 0 Å². The fraction of sp³-hybridized carbons (Fsp3) is 0.235. The van der Waals surface area contributed by atoms with Crippen LogP contribution in [-0.4, -0.2) is 23.5 Å². The Morgan fingerprint density at radius 2 is 2.21 bits per heavy atom. The predicted molar refractivity (Wildman–Crippen MR) is 91.4 cm³/mol. The Hall–Kier alpha value is -2.67. The molecule has 0 aliphatic heterocycles. The van der Waals surface area contributed by atoms with Gasteiger partial charge in [0.2, 0.25) is 5.91 Å². The minimum Gasteiger partial charge on any atom is -0.464 e. The van der Waals surface area contributed by atoms with Crippen LogP contribution in [0.3, 0.4) is 0 Å². The maximum Gasteiger partial charge on any atom is 0.357 e. The van der Waals surface area contributed by atoms with Crippen LogP contribution in [0.1, 0.15) is 28.5 Å². The highest BCUT2D eigenvalue weighted by molar-refractivity contribution is 7.14. The third-order valence-corrected chi connectivity index (χ3v) is 4.16. The number of nitrogens with zero attached hydrogens (tertiary/aromatic N) is 1. The van der Waals surface area contributed by atoms with E-state index in [-0.39, 0.29) is 24.6 Å². The molecular formula is C17H16N2O4S. The Morgan fingerprint density at radius 1 is 1.38 bits per heavy atom. The first kappa shape index (κ1) is 16.2. The van der Waals surface area contributed by atoms with Gasteiger partial charge in [-0.2, -0.15) is 0 Å². The summed E-state index contributed by atoms with van der Waals surface area (Å²) in [5.41, 5.74) is 2.87. The Bertz CT molecular complexity index is 897. The molecule has 0 bridgehead atoms. The number of benzene rings is 1. The first-order valence-corrected chi connectivity index (χ1v) is 8.34. The number of carbonyl (C=O) groups excluding carboxylic acids is 2. The van der Waals surface area contributed by atoms with Gasteiger partial charge in [0.25, 0.3) is 0 Å². The largest absolute Gasteiger partial charge is 0.464 e. The molecular weight excluding hydrogens is 328 g/mol. The Kier molecular flexibility index (Phi) is 4.61. The van der Waals surface area contributed by atoms with Crippen LogP contribution in [0, 0.1) is 6.92 Å². The van der Waals surface area contributed by atoms with Crippen molar-refractivity contribution in [3.63, 3.8) is 0 Å². The number of furan rings is 1. The maximum absolute atomic E-state index is 12.2. The van der Waals surface area contributed by atoms with Gasteiger partial charge in [0.05, 0.1) is 19.3 Å². The monoisotopic (exact) mass is 344 g/mol. The van der Waals surface area contributed by atoms with Gasteiger partial charge in [-0.05, 0) is 25.5 Å². The van der Waals surface area contributed by atoms with Crippen molar-refractivity contribution in [3.8, 4) is 0 Å². The van der Waals surface area contributed by atoms with Gasteiger partial charge < -0.3 is 14.5 Å². The number of aromatic nitrogens is 1. The number of rotatable bonds is 5. The first-order valence-electron chi connectivity index (χ1n) is 7.46. The number of anilines is 1. The molecule has 124 valence electrons. The van der Waals surface area contributed by atoms with E-state index in [9.17, 15) is 9.59 Å². The van der Waals surface area contributed by atoms with E-state index in [0.717, 1.165) is 22.1 Å². The molecule has 24 heavy (non-hydrogen) atoms. The number of thiazole rings is 1. The highest BCUT2D eigenvalue weighted by Crippen LogP contribution is 2.23. The van der Waals surface area contributed by atoms with Crippen LogP contribution < -0.4 is 5.32 Å². The molecule has 7 heteroatoms. The zero-order chi connectivity index (χ0) is 17.1. The van der Waals surface area contributed by atoms with Gasteiger partial charge in [-0.25, -0.2) is 9.78 Å². The van der Waals surface area contributed by atoms with E-state index in [2.05, 4.69) is 10.3 Å². The molecule has 0 aliphatic rings. The lowest BCUT2D eigenvalue weighted by atomic mass is 10.1. The summed E-state index contributed by atoms with van der Waals surface area (Å²) in [7, 11) is 0. The zero-order valence-electron chi connectivity index (χ0n) is 13.3. The quantitative estimate of drug-likeness (QED) is 0.716. The summed E-state index contributed by atoms with van der Waals surface area (Å²) in [6, 6.07) is 5.86. The lowest BCUT2D eigenvalue weighted by Crippen LogP contribution is -2.14. The average Bonchev–Trinajstić information content (AvgIpc) is 3.15. The van der Waals surface area contributed by atoms with Crippen molar-refractivity contribution in [2.45, 2.75) is 20.3 Å². The van der Waals surface area contributed by atoms with E-state index in [0.29, 0.717) is 5.13 Å². The van der Waals surface area contributed by atoms with Crippen LogP contribution in [-0.2, 0) is 16.0 Å². The Morgan fingerprint density at radius 3 is 3.00 bits per heavy atom. The third kappa shape index (κ3) is 3.46. The summed E-state index contributed by atoms with van der Waals surface area (Å²) in [4.78, 5) is 27.8. The minimum absolute atomic E-state index is 0.171. The fourth-order valence-electron chi connectivity index (χ4n) is 2.29. The highest BCUT2D eigenvalue weighted by atomic mass is 32.1. The number of hydrogen-bond acceptors (Lipinski definition) is 6. The number of nitrogens with one attached hydrogen (secondary N) is 1. The molecule has 3 aromatic rings. The van der Waals surface area contributed by atoms with Crippen molar-refractivity contribution in [1.82, 2.24) is 4.98 Å². The van der Waals surface area contributed by atoms with Crippen molar-refractivity contribution in [2.75, 3.05) is 11.9 Å². The number of ether oxygens (including phenoxy) is 1. The van der Waals surface area contributed by atoms with E-state index >= 15 is 0 Å². The van der Waals surface area contributed by atoms with Crippen LogP contribution >= 0.6 is 11.3 Å². The topological polar surface area (TPSA) is 81.4 Å². The van der Waals surface area contributed by atoms with Crippen LogP contribution in [0.5, 0.6) is 0 Å². The van der Waals surface area contributed by atoms with E-state index in [1.54, 1.807) is 18.6 Å². The van der Waals surface area contributed by atoms with E-state index in [4.69, 9.17) is 9.15 Å². The summed E-state index contributed by atoms with van der Waals surface area (Å²) in [6.45, 7) is 3.99. The second kappa shape index (κ2) is 6.84. The number of esters is 1. The van der Waals surface area contributed by atoms with Gasteiger partial charge in [-0.1, -0.05) is 12.1 Å². The summed E-state index contributed by atoms with van der Waals surface area (Å²) in [5, 5.41) is 5.54. The summed E-state index contributed by atoms with van der Waals surface area (Å²) < 4.78 is 10.4. The highest BCUT2D eigenvalue weighted by Gasteiger charge is 2.15. The molecule has 0 unspecified atom stereocenters. The SMILES string of the molecule is CCOC(=O)c1csc(NC(=O)Cc2coc3cc(C)ccc23)n1. The van der Waals surface area contributed by atoms with E-state index in [1.165, 1.54) is 11.3 Å². The smallest absolute Gasteiger partial charge is 0.357 e. The normalized spacial score (nSPS) is 10.8. The summed E-state index contributed by atoms with van der Waals surface area (Å²) >= 11 is 1.18. The maximum atomic E-state index is 12.2. The number of hydrogen-bond donors (Lipinski definition) is 1. The molecule has 1 aromatic carbocycles. The Labute approximate surface area is 142 Å². The number of amides is 1. The molecule has 0 fully saturated rings. The van der Waals surface area contributed by atoms with Crippen molar-refractivity contribution in [3.05, 3.63) is 46.7 Å². The van der Waals surface area contributed by atoms with E-state index < -0.39 is 5.97 Å². The second-order valence-corrected chi connectivity index (χ2v) is 6.10. The molecule has 0 aliphatic carbocycles. The van der Waals surface area contributed by atoms with Gasteiger partial charge in [0.15, 0.2) is 10.8 Å². The number of fused-ring (bicyclic) bond motifs is 1. The minimum atomic E-state index is -0.495. The first-order chi connectivity index (χ1) is 11.6. The molecule has 0 spiro atoms. The van der Waals surface area contributed by atoms with E-state index in [1.807, 2.05) is 25.1 Å². The van der Waals surface area contributed by atoms with Crippen LogP contribution in [0.4, 0.5) is 5.13 Å². The molecule has 2 aromatic heterocycles. The van der Waals surface area contributed by atoms with Crippen molar-refractivity contribution in [1.29, 1.82) is 0 Å². The van der Waals surface area contributed by atoms with Crippen LogP contribution in [0.15, 0.2) is 34.3 Å². The van der Waals surface area contributed by atoms with Gasteiger partial charge >= 0.3 is 5.97 Å². The lowest BCUT2D eigenvalue weighted by molar-refractivity contribution is -0.115. The molecule has 1 amide bonds. The van der Waals surface area contributed by atoms with Gasteiger partial charge in [0, 0.05) is 16.3 Å². The van der Waals surface area contributed by atoms with Gasteiger partial charge in [-0.15, -0.1) is 11.3 Å². The van der Waals surface area contributed by atoms with Crippen molar-refractivity contribution >= 4 is 39.3 Å². The predicted octanol–water partition coefficient (Wildman–Crippen LogP) is 3.56. The standard InChI is InChI=1S/C17H16N2O4S/c1-3-22-16(21)13-9-24-17(18-13)19-15(20)7-11-8-23-14-6-10(2)4-5-12(11)14/h4-6,8-9H,3,7H2,1-2H3,(H,18,19,20). The molecule has 1 N–H and O–H groups in total. The third-order valence-electron chi connectivity index (χ3n) is 3.40. The lowest BCUT2D eigenvalue weighted by Gasteiger charge is -2.01. The van der Waals surface area contributed by atoms with Crippen LogP contribution in [0.25, 0.3) is 11.0 Å². The van der Waals surface area contributed by atoms with Gasteiger partial charge in [0.1, 0.15) is 5.58 Å². The molecule has 6 nitrogen and oxygen atoms in total. The molecule has 0 saturated carbocycles. The zero-order valence-corrected chi connectivity index (χ0v) is 14.1. The molecule has 2 heterocycles. The second-order valence-electron chi connectivity index (χ2n) is 5.24. The van der Waals surface area contributed by atoms with Crippen molar-refractivity contribution < 1.29 is 18.7 Å². The average molecular weight is 344 g/mol. The number of aryl methyl sites for hydroxylation is 1. The van der Waals surface area contributed by atoms with Gasteiger partial charge in [-0.3, -0.25) is 4.79 Å². The Balaban J connectivity index is 1.68. The molecule has 0 saturated heterocycles. The molecule has 3 rings (SSSR count). The number of carbonyl (C=O) groups is 2. The summed E-state index contributed by atoms with van der Waals surface area (Å²) in [6.07, 6.45) is 1.76. The van der Waals surface area contributed by atoms with Crippen LogP contribution in [0.2, 0.25) is 0 Å².